The fraction of sp³-hybridized carbons (Fsp3) is 0.214. The van der Waals surface area contributed by atoms with Crippen molar-refractivity contribution >= 4 is 11.9 Å². The summed E-state index contributed by atoms with van der Waals surface area (Å²) in [5.41, 5.74) is 0.324. The number of methoxy groups -OCH3 is 1. The lowest BCUT2D eigenvalue weighted by molar-refractivity contribution is -0.384. The van der Waals surface area contributed by atoms with Crippen LogP contribution in [-0.2, 0) is 0 Å². The minimum atomic E-state index is -0.464. The summed E-state index contributed by atoms with van der Waals surface area (Å²) in [5.74, 6) is 1.35. The van der Waals surface area contributed by atoms with E-state index in [9.17, 15) is 10.1 Å². The molecule has 0 fully saturated rings. The largest absolute Gasteiger partial charge is 0.497 e. The van der Waals surface area contributed by atoms with Crippen molar-refractivity contribution in [2.24, 2.45) is 5.10 Å². The Kier molecular flexibility index (Phi) is 4.22. The number of rotatable bonds is 5. The minimum absolute atomic E-state index is 0.0696. The van der Waals surface area contributed by atoms with Crippen LogP contribution < -0.4 is 4.74 Å². The van der Waals surface area contributed by atoms with Gasteiger partial charge in [-0.05, 0) is 24.3 Å². The van der Waals surface area contributed by atoms with Gasteiger partial charge in [-0.2, -0.15) is 5.10 Å². The number of nitrogens with zero attached hydrogens (tertiary/aromatic N) is 3. The van der Waals surface area contributed by atoms with Gasteiger partial charge in [-0.3, -0.25) is 10.1 Å². The van der Waals surface area contributed by atoms with Crippen LogP contribution in [0.15, 0.2) is 39.9 Å². The molecule has 110 valence electrons. The molecule has 0 amide bonds. The number of hydrogen-bond acceptors (Lipinski definition) is 6. The van der Waals surface area contributed by atoms with E-state index in [0.29, 0.717) is 22.8 Å². The smallest absolute Gasteiger partial charge is 0.284 e. The highest BCUT2D eigenvalue weighted by Crippen LogP contribution is 2.33. The second-order valence-corrected chi connectivity index (χ2v) is 4.43. The summed E-state index contributed by atoms with van der Waals surface area (Å²) in [7, 11) is 5.03. The normalized spacial score (nSPS) is 10.8. The third-order valence-electron chi connectivity index (χ3n) is 2.71. The van der Waals surface area contributed by atoms with E-state index >= 15 is 0 Å². The summed E-state index contributed by atoms with van der Waals surface area (Å²) in [5, 5.41) is 16.8. The van der Waals surface area contributed by atoms with Gasteiger partial charge in [0.25, 0.3) is 5.69 Å². The lowest BCUT2D eigenvalue weighted by Crippen LogP contribution is -2.01. The van der Waals surface area contributed by atoms with Crippen LogP contribution in [0.3, 0.4) is 0 Å². The number of nitro groups is 1. The van der Waals surface area contributed by atoms with E-state index in [0.717, 1.165) is 0 Å². The van der Waals surface area contributed by atoms with E-state index in [1.54, 1.807) is 49.6 Å². The lowest BCUT2D eigenvalue weighted by atomic mass is 10.1. The van der Waals surface area contributed by atoms with Gasteiger partial charge in [-0.15, -0.1) is 0 Å². The van der Waals surface area contributed by atoms with E-state index in [2.05, 4.69) is 5.10 Å². The molecule has 2 rings (SSSR count). The van der Waals surface area contributed by atoms with Crippen LogP contribution in [0.1, 0.15) is 5.76 Å². The predicted octanol–water partition coefficient (Wildman–Crippen LogP) is 2.76. The lowest BCUT2D eigenvalue weighted by Gasteiger charge is -2.03. The van der Waals surface area contributed by atoms with Gasteiger partial charge in [0.05, 0.1) is 29.9 Å². The SMILES string of the molecule is COc1ccc(-c2ccc(/C=N/N(C)C)o2)c([N+](=O)[O-])c1. The summed E-state index contributed by atoms with van der Waals surface area (Å²) >= 11 is 0. The first kappa shape index (κ1) is 14.6. The average Bonchev–Trinajstić information content (AvgIpc) is 2.93. The highest BCUT2D eigenvalue weighted by molar-refractivity contribution is 5.78. The van der Waals surface area contributed by atoms with E-state index in [-0.39, 0.29) is 5.69 Å². The highest BCUT2D eigenvalue weighted by Gasteiger charge is 2.19. The summed E-state index contributed by atoms with van der Waals surface area (Å²) in [4.78, 5) is 10.7. The molecule has 21 heavy (non-hydrogen) atoms. The first-order valence-electron chi connectivity index (χ1n) is 6.15. The number of ether oxygens (including phenoxy) is 1. The van der Waals surface area contributed by atoms with Crippen molar-refractivity contribution in [1.29, 1.82) is 0 Å². The Balaban J connectivity index is 2.40. The molecular formula is C14H15N3O4. The summed E-state index contributed by atoms with van der Waals surface area (Å²) in [6.07, 6.45) is 1.54. The van der Waals surface area contributed by atoms with Crippen molar-refractivity contribution in [2.45, 2.75) is 0 Å². The van der Waals surface area contributed by atoms with Crippen LogP contribution >= 0.6 is 0 Å². The van der Waals surface area contributed by atoms with Crippen molar-refractivity contribution < 1.29 is 14.1 Å². The van der Waals surface area contributed by atoms with E-state index < -0.39 is 4.92 Å². The zero-order chi connectivity index (χ0) is 15.4. The summed E-state index contributed by atoms with van der Waals surface area (Å²) in [6.45, 7) is 0. The van der Waals surface area contributed by atoms with Crippen LogP contribution in [0.25, 0.3) is 11.3 Å². The molecule has 0 saturated heterocycles. The van der Waals surface area contributed by atoms with Crippen LogP contribution in [0.2, 0.25) is 0 Å². The molecule has 1 aromatic carbocycles. The fourth-order valence-corrected chi connectivity index (χ4v) is 1.74. The Morgan fingerprint density at radius 2 is 2.10 bits per heavy atom. The predicted molar refractivity (Wildman–Crippen MR) is 78.6 cm³/mol. The molecule has 1 heterocycles. The Morgan fingerprint density at radius 1 is 1.33 bits per heavy atom. The Morgan fingerprint density at radius 3 is 2.71 bits per heavy atom. The Bertz CT molecular complexity index is 677. The molecule has 0 aliphatic heterocycles. The molecule has 7 nitrogen and oxygen atoms in total. The molecule has 0 spiro atoms. The summed E-state index contributed by atoms with van der Waals surface area (Å²) < 4.78 is 10.6. The van der Waals surface area contributed by atoms with Gasteiger partial charge < -0.3 is 14.2 Å². The van der Waals surface area contributed by atoms with Gasteiger partial charge in [0.1, 0.15) is 17.3 Å². The molecule has 0 N–H and O–H groups in total. The maximum atomic E-state index is 11.2. The van der Waals surface area contributed by atoms with Crippen molar-refractivity contribution in [2.75, 3.05) is 21.2 Å². The van der Waals surface area contributed by atoms with E-state index in [1.807, 2.05) is 0 Å². The molecule has 0 aliphatic rings. The standard InChI is InChI=1S/C14H15N3O4/c1-16(2)15-9-11-5-7-14(21-11)12-6-4-10(20-3)8-13(12)17(18)19/h4-9H,1-3H3/b15-9+. The topological polar surface area (TPSA) is 81.1 Å². The van der Waals surface area contributed by atoms with Crippen LogP contribution in [0.5, 0.6) is 5.75 Å². The molecule has 0 atom stereocenters. The fourth-order valence-electron chi connectivity index (χ4n) is 1.74. The highest BCUT2D eigenvalue weighted by atomic mass is 16.6. The minimum Gasteiger partial charge on any atom is -0.497 e. The molecular weight excluding hydrogens is 274 g/mol. The molecule has 2 aromatic rings. The number of nitro benzene ring substituents is 1. The molecule has 0 bridgehead atoms. The third kappa shape index (κ3) is 3.38. The number of hydrazone groups is 1. The molecule has 0 saturated carbocycles. The average molecular weight is 289 g/mol. The number of furan rings is 1. The quantitative estimate of drug-likeness (QED) is 0.480. The first-order valence-corrected chi connectivity index (χ1v) is 6.15. The molecule has 0 aliphatic carbocycles. The van der Waals surface area contributed by atoms with Gasteiger partial charge in [0, 0.05) is 14.1 Å². The maximum Gasteiger partial charge on any atom is 0.284 e. The number of benzene rings is 1. The molecule has 0 radical (unpaired) electrons. The monoisotopic (exact) mass is 289 g/mol. The van der Waals surface area contributed by atoms with Gasteiger partial charge in [0.15, 0.2) is 0 Å². The van der Waals surface area contributed by atoms with Crippen LogP contribution in [0, 0.1) is 10.1 Å². The van der Waals surface area contributed by atoms with Crippen molar-refractivity contribution in [3.63, 3.8) is 0 Å². The van der Waals surface area contributed by atoms with Crippen molar-refractivity contribution in [3.05, 3.63) is 46.2 Å². The van der Waals surface area contributed by atoms with E-state index in [4.69, 9.17) is 9.15 Å². The van der Waals surface area contributed by atoms with Gasteiger partial charge in [0.2, 0.25) is 0 Å². The zero-order valence-corrected chi connectivity index (χ0v) is 11.9. The second kappa shape index (κ2) is 6.08. The Hall–Kier alpha value is -2.83. The summed E-state index contributed by atoms with van der Waals surface area (Å²) in [6, 6.07) is 7.99. The molecule has 1 aromatic heterocycles. The van der Waals surface area contributed by atoms with Gasteiger partial charge in [-0.25, -0.2) is 0 Å². The Labute approximate surface area is 121 Å². The maximum absolute atomic E-state index is 11.2. The van der Waals surface area contributed by atoms with E-state index in [1.165, 1.54) is 13.2 Å². The third-order valence-corrected chi connectivity index (χ3v) is 2.71. The van der Waals surface area contributed by atoms with Crippen molar-refractivity contribution in [1.82, 2.24) is 5.01 Å². The molecule has 7 heteroatoms. The van der Waals surface area contributed by atoms with Crippen LogP contribution in [0.4, 0.5) is 5.69 Å². The number of hydrogen-bond donors (Lipinski definition) is 0. The van der Waals surface area contributed by atoms with Gasteiger partial charge >= 0.3 is 0 Å². The molecule has 0 unspecified atom stereocenters. The van der Waals surface area contributed by atoms with Crippen LogP contribution in [-0.4, -0.2) is 37.4 Å². The zero-order valence-electron chi connectivity index (χ0n) is 11.9. The second-order valence-electron chi connectivity index (χ2n) is 4.43. The van der Waals surface area contributed by atoms with Crippen molar-refractivity contribution in [3.8, 4) is 17.1 Å². The first-order chi connectivity index (χ1) is 10.0. The van der Waals surface area contributed by atoms with Gasteiger partial charge in [-0.1, -0.05) is 0 Å².